The zero-order chi connectivity index (χ0) is 17.5. The average molecular weight is 347 g/mol. The molecule has 0 unspecified atom stereocenters. The first kappa shape index (κ1) is 18.0. The molecule has 0 heterocycles. The number of carbonyl (C=O) groups excluding carboxylic acids is 2. The average Bonchev–Trinajstić information content (AvgIpc) is 2.58. The number of benzene rings is 2. The zero-order valence-electron chi connectivity index (χ0n) is 13.3. The number of hydrogen-bond donors (Lipinski definition) is 3. The van der Waals surface area contributed by atoms with E-state index in [0.29, 0.717) is 23.7 Å². The van der Waals surface area contributed by atoms with Gasteiger partial charge in [0, 0.05) is 6.54 Å². The maximum Gasteiger partial charge on any atom is 0.313 e. The molecule has 0 bridgehead atoms. The molecule has 0 aliphatic heterocycles. The van der Waals surface area contributed by atoms with E-state index in [4.69, 9.17) is 16.7 Å². The summed E-state index contributed by atoms with van der Waals surface area (Å²) in [6, 6.07) is 12.6. The number of aliphatic hydroxyl groups excluding tert-OH is 1. The Labute approximate surface area is 145 Å². The van der Waals surface area contributed by atoms with E-state index < -0.39 is 11.8 Å². The lowest BCUT2D eigenvalue weighted by Crippen LogP contribution is -2.36. The second-order valence-electron chi connectivity index (χ2n) is 5.42. The van der Waals surface area contributed by atoms with Crippen LogP contribution in [0.3, 0.4) is 0 Å². The van der Waals surface area contributed by atoms with Gasteiger partial charge in [-0.1, -0.05) is 41.9 Å². The van der Waals surface area contributed by atoms with E-state index in [1.165, 1.54) is 0 Å². The molecular weight excluding hydrogens is 328 g/mol. The number of hydrogen-bond acceptors (Lipinski definition) is 3. The lowest BCUT2D eigenvalue weighted by molar-refractivity contribution is -0.136. The Bertz CT molecular complexity index is 730. The summed E-state index contributed by atoms with van der Waals surface area (Å²) in [5, 5.41) is 14.4. The molecule has 0 aliphatic rings. The van der Waals surface area contributed by atoms with Crippen LogP contribution in [0.15, 0.2) is 42.5 Å². The Morgan fingerprint density at radius 3 is 2.38 bits per heavy atom. The van der Waals surface area contributed by atoms with E-state index in [-0.39, 0.29) is 6.61 Å². The molecule has 2 amide bonds. The fourth-order valence-electron chi connectivity index (χ4n) is 2.13. The number of halogens is 1. The van der Waals surface area contributed by atoms with Crippen molar-refractivity contribution in [2.75, 3.05) is 11.9 Å². The van der Waals surface area contributed by atoms with Crippen molar-refractivity contribution < 1.29 is 14.7 Å². The molecule has 2 rings (SSSR count). The summed E-state index contributed by atoms with van der Waals surface area (Å²) >= 11 is 5.99. The van der Waals surface area contributed by atoms with Gasteiger partial charge in [0.1, 0.15) is 0 Å². The Kier molecular flexibility index (Phi) is 6.35. The second kappa shape index (κ2) is 8.47. The van der Waals surface area contributed by atoms with Gasteiger partial charge in [-0.2, -0.15) is 0 Å². The monoisotopic (exact) mass is 346 g/mol. The summed E-state index contributed by atoms with van der Waals surface area (Å²) in [7, 11) is 0. The van der Waals surface area contributed by atoms with Crippen LogP contribution >= 0.6 is 11.6 Å². The molecule has 0 radical (unpaired) electrons. The van der Waals surface area contributed by atoms with Crippen molar-refractivity contribution in [3.63, 3.8) is 0 Å². The number of amides is 2. The van der Waals surface area contributed by atoms with Gasteiger partial charge in [0.25, 0.3) is 0 Å². The van der Waals surface area contributed by atoms with Crippen molar-refractivity contribution in [1.82, 2.24) is 5.32 Å². The maximum absolute atomic E-state index is 11.9. The summed E-state index contributed by atoms with van der Waals surface area (Å²) in [6.07, 6.45) is 0.593. The van der Waals surface area contributed by atoms with Crippen molar-refractivity contribution in [3.05, 3.63) is 64.2 Å². The Hall–Kier alpha value is -2.37. The number of rotatable bonds is 5. The van der Waals surface area contributed by atoms with Gasteiger partial charge in [0.05, 0.1) is 17.3 Å². The van der Waals surface area contributed by atoms with Crippen LogP contribution in [0.25, 0.3) is 0 Å². The van der Waals surface area contributed by atoms with Gasteiger partial charge >= 0.3 is 11.8 Å². The molecule has 0 saturated carbocycles. The van der Waals surface area contributed by atoms with E-state index in [1.54, 1.807) is 12.1 Å². The highest BCUT2D eigenvalue weighted by atomic mass is 35.5. The number of carbonyl (C=O) groups is 2. The molecule has 0 aromatic heterocycles. The first-order valence-electron chi connectivity index (χ1n) is 7.53. The molecule has 0 aliphatic carbocycles. The summed E-state index contributed by atoms with van der Waals surface area (Å²) in [4.78, 5) is 23.7. The fraction of sp³-hybridized carbons (Fsp3) is 0.222. The Balaban J connectivity index is 1.83. The normalized spacial score (nSPS) is 10.3. The van der Waals surface area contributed by atoms with Crippen LogP contribution in [0, 0.1) is 6.92 Å². The number of aryl methyl sites for hydroxylation is 1. The zero-order valence-corrected chi connectivity index (χ0v) is 14.1. The SMILES string of the molecule is Cc1ccc(Cl)c(NC(=O)C(=O)NCCc2ccc(CO)cc2)c1. The van der Waals surface area contributed by atoms with Crippen LogP contribution in [-0.4, -0.2) is 23.5 Å². The maximum atomic E-state index is 11.9. The van der Waals surface area contributed by atoms with Crippen molar-refractivity contribution >= 4 is 29.1 Å². The molecule has 0 fully saturated rings. The van der Waals surface area contributed by atoms with Gasteiger partial charge < -0.3 is 15.7 Å². The van der Waals surface area contributed by atoms with Crippen LogP contribution in [0.4, 0.5) is 5.69 Å². The van der Waals surface area contributed by atoms with Crippen molar-refractivity contribution in [1.29, 1.82) is 0 Å². The minimum Gasteiger partial charge on any atom is -0.392 e. The topological polar surface area (TPSA) is 78.4 Å². The van der Waals surface area contributed by atoms with E-state index in [0.717, 1.165) is 16.7 Å². The molecule has 126 valence electrons. The minimum absolute atomic E-state index is 0.00128. The molecule has 5 nitrogen and oxygen atoms in total. The predicted molar refractivity (Wildman–Crippen MR) is 93.9 cm³/mol. The minimum atomic E-state index is -0.752. The number of anilines is 1. The van der Waals surface area contributed by atoms with Gasteiger partial charge in [-0.15, -0.1) is 0 Å². The van der Waals surface area contributed by atoms with E-state index >= 15 is 0 Å². The fourth-order valence-corrected chi connectivity index (χ4v) is 2.29. The molecular formula is C18H19ClN2O3. The highest BCUT2D eigenvalue weighted by molar-refractivity contribution is 6.41. The Morgan fingerprint density at radius 1 is 1.04 bits per heavy atom. The summed E-state index contributed by atoms with van der Waals surface area (Å²) in [5.41, 5.74) is 3.18. The summed E-state index contributed by atoms with van der Waals surface area (Å²) < 4.78 is 0. The molecule has 0 atom stereocenters. The number of aliphatic hydroxyl groups is 1. The third kappa shape index (κ3) is 5.08. The first-order chi connectivity index (χ1) is 11.5. The van der Waals surface area contributed by atoms with Gasteiger partial charge in [-0.25, -0.2) is 0 Å². The third-order valence-corrected chi connectivity index (χ3v) is 3.81. The van der Waals surface area contributed by atoms with E-state index in [1.807, 2.05) is 37.3 Å². The van der Waals surface area contributed by atoms with Crippen LogP contribution in [0.2, 0.25) is 5.02 Å². The summed E-state index contributed by atoms with van der Waals surface area (Å²) in [5.74, 6) is -1.46. The Morgan fingerprint density at radius 2 is 1.71 bits per heavy atom. The van der Waals surface area contributed by atoms with Crippen LogP contribution in [0.1, 0.15) is 16.7 Å². The van der Waals surface area contributed by atoms with Crippen LogP contribution in [-0.2, 0) is 22.6 Å². The van der Waals surface area contributed by atoms with E-state index in [9.17, 15) is 9.59 Å². The highest BCUT2D eigenvalue weighted by Crippen LogP contribution is 2.22. The van der Waals surface area contributed by atoms with Crippen LogP contribution in [0.5, 0.6) is 0 Å². The third-order valence-electron chi connectivity index (χ3n) is 3.48. The van der Waals surface area contributed by atoms with Crippen molar-refractivity contribution in [2.45, 2.75) is 20.0 Å². The molecule has 2 aromatic rings. The lowest BCUT2D eigenvalue weighted by Gasteiger charge is -2.09. The quantitative estimate of drug-likeness (QED) is 0.728. The lowest BCUT2D eigenvalue weighted by atomic mass is 10.1. The molecule has 0 spiro atoms. The molecule has 0 saturated heterocycles. The highest BCUT2D eigenvalue weighted by Gasteiger charge is 2.14. The molecule has 24 heavy (non-hydrogen) atoms. The molecule has 2 aromatic carbocycles. The molecule has 6 heteroatoms. The van der Waals surface area contributed by atoms with Gasteiger partial charge in [0.15, 0.2) is 0 Å². The van der Waals surface area contributed by atoms with Crippen LogP contribution < -0.4 is 10.6 Å². The second-order valence-corrected chi connectivity index (χ2v) is 5.83. The smallest absolute Gasteiger partial charge is 0.313 e. The predicted octanol–water partition coefficient (Wildman–Crippen LogP) is 2.44. The molecule has 3 N–H and O–H groups in total. The van der Waals surface area contributed by atoms with Gasteiger partial charge in [-0.05, 0) is 42.2 Å². The summed E-state index contributed by atoms with van der Waals surface area (Å²) in [6.45, 7) is 2.21. The van der Waals surface area contributed by atoms with E-state index in [2.05, 4.69) is 10.6 Å². The number of nitrogens with one attached hydrogen (secondary N) is 2. The van der Waals surface area contributed by atoms with Gasteiger partial charge in [-0.3, -0.25) is 9.59 Å². The van der Waals surface area contributed by atoms with Crippen molar-refractivity contribution in [2.24, 2.45) is 0 Å². The van der Waals surface area contributed by atoms with Crippen molar-refractivity contribution in [3.8, 4) is 0 Å². The standard InChI is InChI=1S/C18H19ClN2O3/c1-12-2-7-15(19)16(10-12)21-18(24)17(23)20-9-8-13-3-5-14(11-22)6-4-13/h2-7,10,22H,8-9,11H2,1H3,(H,20,23)(H,21,24). The largest absolute Gasteiger partial charge is 0.392 e. The van der Waals surface area contributed by atoms with Gasteiger partial charge in [0.2, 0.25) is 0 Å². The first-order valence-corrected chi connectivity index (χ1v) is 7.91.